The monoisotopic (exact) mass is 289 g/mol. The van der Waals surface area contributed by atoms with Crippen LogP contribution in [0.2, 0.25) is 0 Å². The number of aliphatic hydroxyl groups excluding tert-OH is 5. The fourth-order valence-electron chi connectivity index (χ4n) is 0.289. The minimum Gasteiger partial charge on any atom is -0.480 e. The van der Waals surface area contributed by atoms with E-state index in [0.29, 0.717) is 0 Å². The van der Waals surface area contributed by atoms with Crippen molar-refractivity contribution in [3.8, 4) is 0 Å². The summed E-state index contributed by atoms with van der Waals surface area (Å²) in [5.74, 6) is 0.506. The molecule has 8 nitrogen and oxygen atoms in total. The Morgan fingerprint density at radius 3 is 1.50 bits per heavy atom. The molecule has 0 spiro atoms. The lowest BCUT2D eigenvalue weighted by atomic mass is 10.4. The molecule has 0 saturated carbocycles. The summed E-state index contributed by atoms with van der Waals surface area (Å²) < 4.78 is 0. The highest BCUT2D eigenvalue weighted by molar-refractivity contribution is 7.99. The summed E-state index contributed by atoms with van der Waals surface area (Å²) >= 11 is 1.55. The van der Waals surface area contributed by atoms with E-state index in [1.54, 1.807) is 11.8 Å². The normalized spacial score (nSPS) is 9.06. The molecule has 112 valence electrons. The standard InChI is InChI=1S/C4H10O2S.C3H8O3.C2H5NO2/c5-1-3-7-4-2-6;4-1-3(6)2-5;3-1-2(4)5/h5-6H,1-4H2;3-6H,1-2H2;1,3H2,(H,4,5). The van der Waals surface area contributed by atoms with Crippen molar-refractivity contribution in [2.75, 3.05) is 44.5 Å². The molecule has 0 aliphatic carbocycles. The molecule has 0 aromatic rings. The molecule has 0 aromatic heterocycles. The third kappa shape index (κ3) is 36.1. The molecule has 0 rings (SSSR count). The summed E-state index contributed by atoms with van der Waals surface area (Å²) in [6.45, 7) is -0.581. The lowest BCUT2D eigenvalue weighted by Gasteiger charge is -1.96. The topological polar surface area (TPSA) is 164 Å². The molecule has 0 amide bonds. The Labute approximate surface area is 110 Å². The van der Waals surface area contributed by atoms with E-state index in [9.17, 15) is 4.79 Å². The van der Waals surface area contributed by atoms with Crippen LogP contribution in [0.3, 0.4) is 0 Å². The number of aliphatic carboxylic acids is 1. The van der Waals surface area contributed by atoms with E-state index >= 15 is 0 Å². The van der Waals surface area contributed by atoms with Crippen molar-refractivity contribution in [1.29, 1.82) is 0 Å². The Balaban J connectivity index is -0.000000190. The van der Waals surface area contributed by atoms with Gasteiger partial charge in [-0.15, -0.1) is 0 Å². The summed E-state index contributed by atoms with van der Waals surface area (Å²) in [4.78, 5) is 9.24. The van der Waals surface area contributed by atoms with Crippen molar-refractivity contribution in [1.82, 2.24) is 0 Å². The lowest BCUT2D eigenvalue weighted by molar-refractivity contribution is -0.135. The Hall–Kier alpha value is -0.420. The number of carbonyl (C=O) groups is 1. The van der Waals surface area contributed by atoms with Crippen molar-refractivity contribution in [2.45, 2.75) is 6.10 Å². The second-order valence-electron chi connectivity index (χ2n) is 2.68. The van der Waals surface area contributed by atoms with E-state index in [1.165, 1.54) is 0 Å². The number of rotatable bonds is 7. The van der Waals surface area contributed by atoms with Gasteiger partial charge in [0.2, 0.25) is 0 Å². The van der Waals surface area contributed by atoms with Crippen molar-refractivity contribution < 1.29 is 35.4 Å². The Kier molecular flexibility index (Phi) is 27.6. The fraction of sp³-hybridized carbons (Fsp3) is 0.889. The highest BCUT2D eigenvalue weighted by Gasteiger charge is 1.93. The molecule has 0 radical (unpaired) electrons. The molecule has 18 heavy (non-hydrogen) atoms. The van der Waals surface area contributed by atoms with Crippen molar-refractivity contribution >= 4 is 17.7 Å². The maximum Gasteiger partial charge on any atom is 0.317 e. The van der Waals surface area contributed by atoms with Gasteiger partial charge in [-0.2, -0.15) is 11.8 Å². The van der Waals surface area contributed by atoms with E-state index in [-0.39, 0.29) is 33.0 Å². The highest BCUT2D eigenvalue weighted by atomic mass is 32.2. The number of hydrogen-bond donors (Lipinski definition) is 7. The van der Waals surface area contributed by atoms with Crippen LogP contribution in [-0.2, 0) is 4.79 Å². The van der Waals surface area contributed by atoms with Gasteiger partial charge in [0.15, 0.2) is 0 Å². The molecule has 0 heterocycles. The largest absolute Gasteiger partial charge is 0.480 e. The van der Waals surface area contributed by atoms with Gasteiger partial charge in [-0.05, 0) is 0 Å². The van der Waals surface area contributed by atoms with Gasteiger partial charge < -0.3 is 36.4 Å². The summed E-state index contributed by atoms with van der Waals surface area (Å²) in [7, 11) is 0. The van der Waals surface area contributed by atoms with E-state index < -0.39 is 12.1 Å². The molecule has 0 atom stereocenters. The molecule has 0 aromatic carbocycles. The van der Waals surface area contributed by atoms with Gasteiger partial charge in [0, 0.05) is 11.5 Å². The molecule has 8 N–H and O–H groups in total. The molecule has 0 saturated heterocycles. The number of aliphatic hydroxyl groups is 5. The first-order valence-electron chi connectivity index (χ1n) is 5.11. The molecule has 0 unspecified atom stereocenters. The van der Waals surface area contributed by atoms with Crippen LogP contribution in [0.15, 0.2) is 0 Å². The Morgan fingerprint density at radius 2 is 1.39 bits per heavy atom. The van der Waals surface area contributed by atoms with Crippen LogP contribution in [0.1, 0.15) is 0 Å². The molecule has 0 aliphatic heterocycles. The maximum absolute atomic E-state index is 9.24. The van der Waals surface area contributed by atoms with Crippen LogP contribution in [0.5, 0.6) is 0 Å². The highest BCUT2D eigenvalue weighted by Crippen LogP contribution is 1.94. The van der Waals surface area contributed by atoms with Gasteiger partial charge in [-0.1, -0.05) is 0 Å². The average Bonchev–Trinajstić information content (AvgIpc) is 2.39. The van der Waals surface area contributed by atoms with Crippen LogP contribution in [0.25, 0.3) is 0 Å². The van der Waals surface area contributed by atoms with Gasteiger partial charge in [0.05, 0.1) is 33.0 Å². The molecular weight excluding hydrogens is 266 g/mol. The lowest BCUT2D eigenvalue weighted by Crippen LogP contribution is -2.15. The van der Waals surface area contributed by atoms with Crippen LogP contribution >= 0.6 is 11.8 Å². The molecule has 0 aliphatic rings. The molecule has 9 heteroatoms. The zero-order chi connectivity index (χ0) is 14.8. The summed E-state index contributed by atoms with van der Waals surface area (Å²) in [6, 6.07) is 0. The SMILES string of the molecule is NCC(=O)O.OCC(O)CO.OCCSCCO. The molecular formula is C9H23NO7S. The zero-order valence-electron chi connectivity index (χ0n) is 10.1. The van der Waals surface area contributed by atoms with E-state index in [1.807, 2.05) is 0 Å². The van der Waals surface area contributed by atoms with Crippen LogP contribution < -0.4 is 5.73 Å². The second kappa shape index (κ2) is 21.8. The smallest absolute Gasteiger partial charge is 0.317 e. The van der Waals surface area contributed by atoms with E-state index in [4.69, 9.17) is 30.6 Å². The number of nitrogens with two attached hydrogens (primary N) is 1. The third-order valence-corrected chi connectivity index (χ3v) is 2.01. The first-order valence-corrected chi connectivity index (χ1v) is 6.26. The first-order chi connectivity index (χ1) is 8.49. The summed E-state index contributed by atoms with van der Waals surface area (Å²) in [5.41, 5.74) is 4.57. The minimum atomic E-state index is -0.968. The van der Waals surface area contributed by atoms with Crippen LogP contribution in [0.4, 0.5) is 0 Å². The predicted octanol–water partition coefficient (Wildman–Crippen LogP) is -2.93. The Morgan fingerprint density at radius 1 is 1.06 bits per heavy atom. The van der Waals surface area contributed by atoms with Gasteiger partial charge in [0.25, 0.3) is 0 Å². The molecule has 0 fully saturated rings. The second-order valence-corrected chi connectivity index (χ2v) is 3.90. The van der Waals surface area contributed by atoms with E-state index in [0.717, 1.165) is 11.5 Å². The van der Waals surface area contributed by atoms with Crippen molar-refractivity contribution in [3.05, 3.63) is 0 Å². The van der Waals surface area contributed by atoms with Gasteiger partial charge >= 0.3 is 5.97 Å². The third-order valence-electron chi connectivity index (χ3n) is 1.07. The van der Waals surface area contributed by atoms with Gasteiger partial charge in [-0.25, -0.2) is 0 Å². The van der Waals surface area contributed by atoms with Crippen molar-refractivity contribution in [3.63, 3.8) is 0 Å². The average molecular weight is 289 g/mol. The van der Waals surface area contributed by atoms with Gasteiger partial charge in [-0.3, -0.25) is 4.79 Å². The predicted molar refractivity (Wildman–Crippen MR) is 68.4 cm³/mol. The maximum atomic E-state index is 9.24. The van der Waals surface area contributed by atoms with Gasteiger partial charge in [0.1, 0.15) is 6.10 Å². The number of hydrogen-bond acceptors (Lipinski definition) is 8. The van der Waals surface area contributed by atoms with Crippen molar-refractivity contribution in [2.24, 2.45) is 5.73 Å². The number of carboxylic acid groups (broad SMARTS) is 1. The van der Waals surface area contributed by atoms with Crippen LogP contribution in [0, 0.1) is 0 Å². The quantitative estimate of drug-likeness (QED) is 0.243. The number of thioether (sulfide) groups is 1. The van der Waals surface area contributed by atoms with Crippen LogP contribution in [-0.4, -0.2) is 87.2 Å². The zero-order valence-corrected chi connectivity index (χ0v) is 10.9. The molecule has 0 bridgehead atoms. The Bertz CT molecular complexity index is 154. The minimum absolute atomic E-state index is 0.213. The number of carboxylic acids is 1. The summed E-state index contributed by atoms with van der Waals surface area (Å²) in [6.07, 6.45) is -0.954. The first kappa shape index (κ1) is 22.7. The fourth-order valence-corrected chi connectivity index (χ4v) is 0.751. The summed E-state index contributed by atoms with van der Waals surface area (Å²) in [5, 5.41) is 48.0. The van der Waals surface area contributed by atoms with E-state index in [2.05, 4.69) is 5.73 Å².